The molecule has 17 heavy (non-hydrogen) atoms. The van der Waals surface area contributed by atoms with Crippen LogP contribution in [0.25, 0.3) is 0 Å². The Morgan fingerprint density at radius 3 is 2.82 bits per heavy atom. The highest BCUT2D eigenvalue weighted by Crippen LogP contribution is 2.06. The van der Waals surface area contributed by atoms with E-state index in [0.29, 0.717) is 19.7 Å². The molecule has 0 aromatic carbocycles. The summed E-state index contributed by atoms with van der Waals surface area (Å²) in [6.07, 6.45) is 1.13. The SMILES string of the molecule is CC(C)(C)OCC(O)CNCc1cccnn1. The molecule has 1 atom stereocenters. The molecule has 1 aromatic rings. The van der Waals surface area contributed by atoms with Gasteiger partial charge >= 0.3 is 0 Å². The molecule has 2 N–H and O–H groups in total. The van der Waals surface area contributed by atoms with Gasteiger partial charge in [0.2, 0.25) is 0 Å². The fourth-order valence-electron chi connectivity index (χ4n) is 1.20. The number of aliphatic hydroxyl groups excluding tert-OH is 1. The lowest BCUT2D eigenvalue weighted by Gasteiger charge is -2.22. The lowest BCUT2D eigenvalue weighted by molar-refractivity contribution is -0.0479. The minimum atomic E-state index is -0.508. The Morgan fingerprint density at radius 2 is 2.24 bits per heavy atom. The maximum Gasteiger partial charge on any atom is 0.0898 e. The molecule has 0 saturated heterocycles. The van der Waals surface area contributed by atoms with Gasteiger partial charge in [-0.2, -0.15) is 10.2 Å². The lowest BCUT2D eigenvalue weighted by Crippen LogP contribution is -2.33. The van der Waals surface area contributed by atoms with Crippen LogP contribution in [0.15, 0.2) is 18.3 Å². The first-order valence-corrected chi connectivity index (χ1v) is 5.77. The van der Waals surface area contributed by atoms with Crippen molar-refractivity contribution in [2.24, 2.45) is 0 Å². The predicted molar refractivity (Wildman–Crippen MR) is 65.5 cm³/mol. The van der Waals surface area contributed by atoms with Gasteiger partial charge in [0.05, 0.1) is 24.0 Å². The molecule has 1 heterocycles. The first-order chi connectivity index (χ1) is 7.97. The van der Waals surface area contributed by atoms with Crippen molar-refractivity contribution < 1.29 is 9.84 Å². The van der Waals surface area contributed by atoms with E-state index in [1.54, 1.807) is 6.20 Å². The van der Waals surface area contributed by atoms with E-state index in [2.05, 4.69) is 15.5 Å². The van der Waals surface area contributed by atoms with E-state index in [9.17, 15) is 5.11 Å². The zero-order valence-corrected chi connectivity index (χ0v) is 10.7. The van der Waals surface area contributed by atoms with E-state index in [0.717, 1.165) is 5.69 Å². The second-order valence-corrected chi connectivity index (χ2v) is 4.92. The Bertz CT molecular complexity index is 311. The summed E-state index contributed by atoms with van der Waals surface area (Å²) in [5.41, 5.74) is 0.641. The second kappa shape index (κ2) is 6.64. The molecule has 1 aromatic heterocycles. The molecule has 1 unspecified atom stereocenters. The van der Waals surface area contributed by atoms with Crippen LogP contribution >= 0.6 is 0 Å². The van der Waals surface area contributed by atoms with E-state index >= 15 is 0 Å². The standard InChI is InChI=1S/C12H21N3O2/c1-12(2,3)17-9-11(16)8-13-7-10-5-4-6-14-15-10/h4-6,11,13,16H,7-9H2,1-3H3. The number of hydrogen-bond donors (Lipinski definition) is 2. The van der Waals surface area contributed by atoms with E-state index in [1.807, 2.05) is 32.9 Å². The lowest BCUT2D eigenvalue weighted by atomic mass is 10.2. The van der Waals surface area contributed by atoms with Crippen molar-refractivity contribution in [3.63, 3.8) is 0 Å². The van der Waals surface area contributed by atoms with Crippen LogP contribution in [0.3, 0.4) is 0 Å². The smallest absolute Gasteiger partial charge is 0.0898 e. The van der Waals surface area contributed by atoms with Crippen molar-refractivity contribution >= 4 is 0 Å². The third kappa shape index (κ3) is 6.99. The highest BCUT2D eigenvalue weighted by atomic mass is 16.5. The van der Waals surface area contributed by atoms with Crippen molar-refractivity contribution in [3.05, 3.63) is 24.0 Å². The summed E-state index contributed by atoms with van der Waals surface area (Å²) in [7, 11) is 0. The number of nitrogens with zero attached hydrogens (tertiary/aromatic N) is 2. The Kier molecular flexibility index (Phi) is 5.47. The Hall–Kier alpha value is -1.04. The van der Waals surface area contributed by atoms with Crippen LogP contribution < -0.4 is 5.32 Å². The summed E-state index contributed by atoms with van der Waals surface area (Å²) < 4.78 is 5.48. The summed E-state index contributed by atoms with van der Waals surface area (Å²) in [5, 5.41) is 20.5. The summed E-state index contributed by atoms with van der Waals surface area (Å²) in [6, 6.07) is 3.72. The van der Waals surface area contributed by atoms with Gasteiger partial charge in [-0.05, 0) is 32.9 Å². The highest BCUT2D eigenvalue weighted by molar-refractivity contribution is 4.98. The predicted octanol–water partition coefficient (Wildman–Crippen LogP) is 0.742. The van der Waals surface area contributed by atoms with E-state index in [4.69, 9.17) is 4.74 Å². The van der Waals surface area contributed by atoms with Crippen molar-refractivity contribution in [1.29, 1.82) is 0 Å². The van der Waals surface area contributed by atoms with Crippen molar-refractivity contribution in [2.75, 3.05) is 13.2 Å². The number of hydrogen-bond acceptors (Lipinski definition) is 5. The Labute approximate surface area is 102 Å². The molecule has 1 rings (SSSR count). The van der Waals surface area contributed by atoms with Crippen LogP contribution in [-0.2, 0) is 11.3 Å². The van der Waals surface area contributed by atoms with Gasteiger partial charge < -0.3 is 15.2 Å². The van der Waals surface area contributed by atoms with E-state index in [-0.39, 0.29) is 5.60 Å². The van der Waals surface area contributed by atoms with Gasteiger partial charge in [0.25, 0.3) is 0 Å². The largest absolute Gasteiger partial charge is 0.389 e. The molecular weight excluding hydrogens is 218 g/mol. The van der Waals surface area contributed by atoms with Gasteiger partial charge in [0.15, 0.2) is 0 Å². The third-order valence-corrected chi connectivity index (χ3v) is 2.02. The molecule has 0 amide bonds. The molecule has 5 heteroatoms. The van der Waals surface area contributed by atoms with Gasteiger partial charge in [-0.25, -0.2) is 0 Å². The fraction of sp³-hybridized carbons (Fsp3) is 0.667. The zero-order valence-electron chi connectivity index (χ0n) is 10.7. The molecule has 0 fully saturated rings. The Morgan fingerprint density at radius 1 is 1.47 bits per heavy atom. The molecule has 96 valence electrons. The maximum absolute atomic E-state index is 9.67. The number of aliphatic hydroxyl groups is 1. The molecule has 0 aliphatic rings. The van der Waals surface area contributed by atoms with Crippen LogP contribution in [-0.4, -0.2) is 40.2 Å². The van der Waals surface area contributed by atoms with Crippen LogP contribution in [0, 0.1) is 0 Å². The normalized spacial score (nSPS) is 13.6. The van der Waals surface area contributed by atoms with E-state index < -0.39 is 6.10 Å². The van der Waals surface area contributed by atoms with Gasteiger partial charge in [-0.15, -0.1) is 0 Å². The average molecular weight is 239 g/mol. The first kappa shape index (κ1) is 14.0. The zero-order chi connectivity index (χ0) is 12.7. The van der Waals surface area contributed by atoms with Gasteiger partial charge in [-0.1, -0.05) is 0 Å². The van der Waals surface area contributed by atoms with Gasteiger partial charge in [0.1, 0.15) is 0 Å². The Balaban J connectivity index is 2.14. The van der Waals surface area contributed by atoms with Crippen molar-refractivity contribution in [1.82, 2.24) is 15.5 Å². The number of rotatable bonds is 6. The highest BCUT2D eigenvalue weighted by Gasteiger charge is 2.13. The topological polar surface area (TPSA) is 67.3 Å². The molecule has 0 aliphatic carbocycles. The average Bonchev–Trinajstić information content (AvgIpc) is 2.27. The van der Waals surface area contributed by atoms with Crippen LogP contribution in [0.2, 0.25) is 0 Å². The second-order valence-electron chi connectivity index (χ2n) is 4.92. The van der Waals surface area contributed by atoms with Gasteiger partial charge in [-0.3, -0.25) is 0 Å². The molecular formula is C12H21N3O2. The monoisotopic (exact) mass is 239 g/mol. The van der Waals surface area contributed by atoms with Crippen LogP contribution in [0.4, 0.5) is 0 Å². The molecule has 5 nitrogen and oxygen atoms in total. The summed E-state index contributed by atoms with van der Waals surface area (Å²) in [5.74, 6) is 0. The number of nitrogens with one attached hydrogen (secondary N) is 1. The summed E-state index contributed by atoms with van der Waals surface area (Å²) in [4.78, 5) is 0. The number of aromatic nitrogens is 2. The molecule has 0 spiro atoms. The molecule has 0 saturated carbocycles. The minimum Gasteiger partial charge on any atom is -0.389 e. The molecule has 0 radical (unpaired) electrons. The van der Waals surface area contributed by atoms with Crippen LogP contribution in [0.1, 0.15) is 26.5 Å². The van der Waals surface area contributed by atoms with Crippen molar-refractivity contribution in [3.8, 4) is 0 Å². The van der Waals surface area contributed by atoms with Crippen LogP contribution in [0.5, 0.6) is 0 Å². The fourth-order valence-corrected chi connectivity index (χ4v) is 1.20. The van der Waals surface area contributed by atoms with Crippen molar-refractivity contribution in [2.45, 2.75) is 39.0 Å². The van der Waals surface area contributed by atoms with E-state index in [1.165, 1.54) is 0 Å². The summed E-state index contributed by atoms with van der Waals surface area (Å²) >= 11 is 0. The summed E-state index contributed by atoms with van der Waals surface area (Å²) in [6.45, 7) is 7.30. The minimum absolute atomic E-state index is 0.216. The quantitative estimate of drug-likeness (QED) is 0.766. The number of ether oxygens (including phenoxy) is 1. The molecule has 0 bridgehead atoms. The first-order valence-electron chi connectivity index (χ1n) is 5.77. The van der Waals surface area contributed by atoms with Gasteiger partial charge in [0, 0.05) is 19.3 Å². The molecule has 0 aliphatic heterocycles. The third-order valence-electron chi connectivity index (χ3n) is 2.02. The maximum atomic E-state index is 9.67.